The lowest BCUT2D eigenvalue weighted by Crippen LogP contribution is -2.20. The third kappa shape index (κ3) is 8.20. The molecule has 0 amide bonds. The Balaban J connectivity index is 0.000000299. The maximum atomic E-state index is 10.7. The van der Waals surface area contributed by atoms with Crippen LogP contribution in [0.15, 0.2) is 42.0 Å². The summed E-state index contributed by atoms with van der Waals surface area (Å²) in [7, 11) is 1.00. The van der Waals surface area contributed by atoms with Crippen LogP contribution < -0.4 is 4.74 Å². The molecular weight excluding hydrogens is 432 g/mol. The largest absolute Gasteiger partial charge is 0.486 e. The lowest BCUT2D eigenvalue weighted by molar-refractivity contribution is -0.386. The first kappa shape index (κ1) is 26.9. The van der Waals surface area contributed by atoms with Crippen molar-refractivity contribution in [2.75, 3.05) is 13.7 Å². The highest BCUT2D eigenvalue weighted by Crippen LogP contribution is 2.29. The predicted molar refractivity (Wildman–Crippen MR) is 125 cm³/mol. The Bertz CT molecular complexity index is 984. The van der Waals surface area contributed by atoms with Crippen molar-refractivity contribution >= 4 is 23.3 Å². The van der Waals surface area contributed by atoms with Crippen molar-refractivity contribution in [1.29, 1.82) is 0 Å². The average Bonchev–Trinajstić information content (AvgIpc) is 3.49. The molecule has 1 N–H and O–H groups in total. The SMILES string of the molecule is CCC(C)(C)COc1ccccc1[N+](=O)[O-].CCn1cc(-c2nc(C=O)cs2)cn1.CO. The van der Waals surface area contributed by atoms with Gasteiger partial charge in [-0.15, -0.1) is 11.3 Å². The molecule has 0 aliphatic heterocycles. The molecule has 0 radical (unpaired) electrons. The van der Waals surface area contributed by atoms with Gasteiger partial charge in [0.15, 0.2) is 12.0 Å². The number of carbonyl (C=O) groups is 1. The maximum absolute atomic E-state index is 10.7. The zero-order valence-corrected chi connectivity index (χ0v) is 19.8. The zero-order chi connectivity index (χ0) is 24.1. The van der Waals surface area contributed by atoms with E-state index in [2.05, 4.69) is 30.9 Å². The van der Waals surface area contributed by atoms with E-state index in [9.17, 15) is 14.9 Å². The van der Waals surface area contributed by atoms with E-state index in [-0.39, 0.29) is 11.1 Å². The third-order valence-electron chi connectivity index (χ3n) is 4.48. The van der Waals surface area contributed by atoms with Gasteiger partial charge in [0.1, 0.15) is 10.7 Å². The number of para-hydroxylation sites is 2. The second-order valence-corrected chi connectivity index (χ2v) is 8.17. The highest BCUT2D eigenvalue weighted by atomic mass is 32.1. The highest BCUT2D eigenvalue weighted by molar-refractivity contribution is 7.13. The van der Waals surface area contributed by atoms with E-state index in [1.807, 2.05) is 17.8 Å². The molecule has 0 aliphatic rings. The summed E-state index contributed by atoms with van der Waals surface area (Å²) in [6.07, 6.45) is 5.40. The Labute approximate surface area is 191 Å². The average molecular weight is 463 g/mol. The number of ether oxygens (including phenoxy) is 1. The Morgan fingerprint density at radius 1 is 1.28 bits per heavy atom. The van der Waals surface area contributed by atoms with Crippen LogP contribution in [0.1, 0.15) is 44.6 Å². The van der Waals surface area contributed by atoms with Crippen molar-refractivity contribution in [2.24, 2.45) is 5.41 Å². The van der Waals surface area contributed by atoms with Crippen molar-refractivity contribution in [1.82, 2.24) is 14.8 Å². The van der Waals surface area contributed by atoms with E-state index in [1.54, 1.807) is 29.8 Å². The molecule has 0 bridgehead atoms. The second kappa shape index (κ2) is 13.3. The quantitative estimate of drug-likeness (QED) is 0.288. The minimum atomic E-state index is -0.422. The lowest BCUT2D eigenvalue weighted by atomic mass is 9.92. The fourth-order valence-electron chi connectivity index (χ4n) is 2.23. The number of benzene rings is 1. The van der Waals surface area contributed by atoms with E-state index >= 15 is 0 Å². The first-order valence-corrected chi connectivity index (χ1v) is 10.9. The van der Waals surface area contributed by atoms with Gasteiger partial charge in [0.2, 0.25) is 0 Å². The number of carbonyl (C=O) groups excluding carboxylic acids is 1. The van der Waals surface area contributed by atoms with Crippen LogP contribution in [-0.4, -0.2) is 44.8 Å². The molecule has 1 aromatic carbocycles. The van der Waals surface area contributed by atoms with E-state index in [1.165, 1.54) is 17.4 Å². The van der Waals surface area contributed by atoms with Crippen molar-refractivity contribution < 1.29 is 19.6 Å². The maximum Gasteiger partial charge on any atom is 0.310 e. The standard InChI is InChI=1S/C12H17NO3.C9H9N3OS.CH4O/c1-4-12(2,3)9-16-11-8-6-5-7-10(11)13(14)15;1-2-12-4-7(3-10-12)9-11-8(5-13)6-14-9;1-2/h5-8H,4,9H2,1-3H3;3-6H,2H2,1H3;2H,1H3. The van der Waals surface area contributed by atoms with Crippen LogP contribution in [-0.2, 0) is 6.54 Å². The molecule has 174 valence electrons. The van der Waals surface area contributed by atoms with Crippen LogP contribution in [0.3, 0.4) is 0 Å². The number of aryl methyl sites for hydroxylation is 1. The molecule has 32 heavy (non-hydrogen) atoms. The van der Waals surface area contributed by atoms with Gasteiger partial charge < -0.3 is 9.84 Å². The number of aliphatic hydroxyl groups is 1. The van der Waals surface area contributed by atoms with Gasteiger partial charge >= 0.3 is 5.69 Å². The van der Waals surface area contributed by atoms with Crippen LogP contribution in [0, 0.1) is 15.5 Å². The van der Waals surface area contributed by atoms with Gasteiger partial charge in [-0.2, -0.15) is 5.10 Å². The molecule has 2 heterocycles. The number of nitro benzene ring substituents is 1. The van der Waals surface area contributed by atoms with Crippen molar-refractivity contribution in [3.63, 3.8) is 0 Å². The summed E-state index contributed by atoms with van der Waals surface area (Å²) in [5, 5.41) is 24.5. The van der Waals surface area contributed by atoms with Gasteiger partial charge in [0.05, 0.1) is 17.7 Å². The summed E-state index contributed by atoms with van der Waals surface area (Å²) in [6.45, 7) is 9.56. The van der Waals surface area contributed by atoms with Crippen molar-refractivity contribution in [3.05, 3.63) is 57.8 Å². The topological polar surface area (TPSA) is 120 Å². The summed E-state index contributed by atoms with van der Waals surface area (Å²) in [5.74, 6) is 0.342. The third-order valence-corrected chi connectivity index (χ3v) is 5.39. The van der Waals surface area contributed by atoms with Crippen LogP contribution in [0.2, 0.25) is 0 Å². The molecule has 3 aromatic rings. The molecule has 3 rings (SSSR count). The summed E-state index contributed by atoms with van der Waals surface area (Å²) in [6, 6.07) is 6.45. The van der Waals surface area contributed by atoms with Crippen LogP contribution in [0.4, 0.5) is 5.69 Å². The van der Waals surface area contributed by atoms with Crippen molar-refractivity contribution in [3.8, 4) is 16.3 Å². The van der Waals surface area contributed by atoms with Crippen molar-refractivity contribution in [2.45, 2.75) is 40.7 Å². The molecule has 0 saturated carbocycles. The Hall–Kier alpha value is -3.11. The van der Waals surface area contributed by atoms with E-state index in [4.69, 9.17) is 9.84 Å². The van der Waals surface area contributed by atoms with Gasteiger partial charge in [0.25, 0.3) is 0 Å². The number of thiazole rings is 1. The fraction of sp³-hybridized carbons (Fsp3) is 0.409. The van der Waals surface area contributed by atoms with E-state index < -0.39 is 4.92 Å². The Morgan fingerprint density at radius 2 is 1.97 bits per heavy atom. The summed E-state index contributed by atoms with van der Waals surface area (Å²) in [4.78, 5) is 24.9. The number of aliphatic hydroxyl groups excluding tert-OH is 1. The molecule has 0 saturated heterocycles. The van der Waals surface area contributed by atoms with Crippen LogP contribution >= 0.6 is 11.3 Å². The Kier molecular flexibility index (Phi) is 11.2. The molecule has 0 fully saturated rings. The predicted octanol–water partition coefficient (Wildman–Crippen LogP) is 4.86. The molecule has 0 unspecified atom stereocenters. The lowest BCUT2D eigenvalue weighted by Gasteiger charge is -2.22. The molecular formula is C22H30N4O5S. The first-order valence-electron chi connectivity index (χ1n) is 10.0. The van der Waals surface area contributed by atoms with E-state index in [0.29, 0.717) is 18.1 Å². The molecule has 2 aromatic heterocycles. The fourth-order valence-corrected chi connectivity index (χ4v) is 2.97. The monoisotopic (exact) mass is 462 g/mol. The number of rotatable bonds is 8. The van der Waals surface area contributed by atoms with Gasteiger partial charge in [-0.3, -0.25) is 19.6 Å². The van der Waals surface area contributed by atoms with Gasteiger partial charge in [-0.1, -0.05) is 32.9 Å². The van der Waals surface area contributed by atoms with Gasteiger partial charge in [-0.25, -0.2) is 4.98 Å². The first-order chi connectivity index (χ1) is 15.3. The summed E-state index contributed by atoms with van der Waals surface area (Å²) < 4.78 is 7.34. The molecule has 10 heteroatoms. The summed E-state index contributed by atoms with van der Waals surface area (Å²) in [5.41, 5.74) is 1.50. The van der Waals surface area contributed by atoms with Crippen LogP contribution in [0.25, 0.3) is 10.6 Å². The van der Waals surface area contributed by atoms with Gasteiger partial charge in [0, 0.05) is 36.9 Å². The summed E-state index contributed by atoms with van der Waals surface area (Å²) >= 11 is 1.46. The number of hydrogen-bond donors (Lipinski definition) is 1. The van der Waals surface area contributed by atoms with E-state index in [0.717, 1.165) is 36.9 Å². The minimum Gasteiger partial charge on any atom is -0.486 e. The smallest absolute Gasteiger partial charge is 0.310 e. The zero-order valence-electron chi connectivity index (χ0n) is 19.0. The number of aromatic nitrogens is 3. The number of nitrogens with zero attached hydrogens (tertiary/aromatic N) is 4. The number of aldehydes is 1. The molecule has 0 atom stereocenters. The molecule has 0 spiro atoms. The second-order valence-electron chi connectivity index (χ2n) is 7.31. The number of hydrogen-bond acceptors (Lipinski definition) is 8. The minimum absolute atomic E-state index is 0.0226. The Morgan fingerprint density at radius 3 is 2.50 bits per heavy atom. The highest BCUT2D eigenvalue weighted by Gasteiger charge is 2.19. The molecule has 0 aliphatic carbocycles. The van der Waals surface area contributed by atoms with Crippen LogP contribution in [0.5, 0.6) is 5.75 Å². The molecule has 9 nitrogen and oxygen atoms in total. The number of nitro groups is 1. The normalized spacial score (nSPS) is 10.3. The van der Waals surface area contributed by atoms with Gasteiger partial charge in [-0.05, 0) is 24.8 Å².